The van der Waals surface area contributed by atoms with Gasteiger partial charge < -0.3 is 0 Å². The van der Waals surface area contributed by atoms with Gasteiger partial charge in [-0.3, -0.25) is 15.5 Å². The minimum atomic E-state index is -0.408. The third kappa shape index (κ3) is 3.44. The summed E-state index contributed by atoms with van der Waals surface area (Å²) in [5.74, 6) is 0. The minimum absolute atomic E-state index is 0.0348. The molecule has 0 amide bonds. The summed E-state index contributed by atoms with van der Waals surface area (Å²) in [6.07, 6.45) is 3.96. The maximum atomic E-state index is 10.9. The Morgan fingerprint density at radius 3 is 2.65 bits per heavy atom. The lowest BCUT2D eigenvalue weighted by molar-refractivity contribution is -0.384. The van der Waals surface area contributed by atoms with Gasteiger partial charge in [-0.05, 0) is 37.3 Å². The van der Waals surface area contributed by atoms with E-state index in [4.69, 9.17) is 0 Å². The Kier molecular flexibility index (Phi) is 3.88. The molecule has 5 nitrogen and oxygen atoms in total. The van der Waals surface area contributed by atoms with Crippen molar-refractivity contribution < 1.29 is 4.92 Å². The number of benzene rings is 1. The predicted molar refractivity (Wildman–Crippen MR) is 80.9 cm³/mol. The van der Waals surface area contributed by atoms with Crippen LogP contribution in [-0.4, -0.2) is 10.6 Å². The zero-order valence-electron chi connectivity index (χ0n) is 12.0. The van der Waals surface area contributed by atoms with Crippen molar-refractivity contribution in [3.05, 3.63) is 46.0 Å². The zero-order chi connectivity index (χ0) is 14.8. The van der Waals surface area contributed by atoms with Crippen LogP contribution in [0.5, 0.6) is 0 Å². The van der Waals surface area contributed by atoms with E-state index in [-0.39, 0.29) is 11.1 Å². The highest BCUT2D eigenvalue weighted by molar-refractivity contribution is 5.97. The standard InChI is InChI=1S/C15H19N3O2/c1-11-8-12(10-15(2,3)9-11)16-17-13-6-4-5-7-14(13)18(19)20/h4-8,17H,9-10H2,1-3H3/b16-12+. The van der Waals surface area contributed by atoms with Gasteiger partial charge in [-0.15, -0.1) is 0 Å². The Morgan fingerprint density at radius 1 is 1.30 bits per heavy atom. The number of nitro groups is 1. The van der Waals surface area contributed by atoms with E-state index in [0.717, 1.165) is 18.6 Å². The van der Waals surface area contributed by atoms with Crippen molar-refractivity contribution in [2.24, 2.45) is 10.5 Å². The molecule has 0 aliphatic heterocycles. The van der Waals surface area contributed by atoms with Crippen molar-refractivity contribution in [1.82, 2.24) is 0 Å². The highest BCUT2D eigenvalue weighted by Gasteiger charge is 2.24. The number of allylic oxidation sites excluding steroid dienone is 2. The normalized spacial score (nSPS) is 19.6. The molecule has 20 heavy (non-hydrogen) atoms. The van der Waals surface area contributed by atoms with Crippen LogP contribution in [0.2, 0.25) is 0 Å². The number of para-hydroxylation sites is 2. The van der Waals surface area contributed by atoms with Crippen LogP contribution in [0.15, 0.2) is 41.0 Å². The van der Waals surface area contributed by atoms with E-state index < -0.39 is 4.92 Å². The third-order valence-electron chi connectivity index (χ3n) is 3.25. The van der Waals surface area contributed by atoms with Gasteiger partial charge in [0, 0.05) is 6.07 Å². The second kappa shape index (κ2) is 5.45. The molecule has 0 bridgehead atoms. The lowest BCUT2D eigenvalue weighted by atomic mass is 9.77. The lowest BCUT2D eigenvalue weighted by Crippen LogP contribution is -2.21. The minimum Gasteiger partial charge on any atom is -0.271 e. The molecule has 1 aromatic carbocycles. The molecule has 1 aromatic rings. The van der Waals surface area contributed by atoms with Crippen LogP contribution in [-0.2, 0) is 0 Å². The molecule has 1 N–H and O–H groups in total. The fourth-order valence-electron chi connectivity index (χ4n) is 2.63. The van der Waals surface area contributed by atoms with Crippen molar-refractivity contribution in [3.8, 4) is 0 Å². The van der Waals surface area contributed by atoms with Crippen molar-refractivity contribution in [2.75, 3.05) is 5.43 Å². The molecule has 0 aromatic heterocycles. The topological polar surface area (TPSA) is 67.5 Å². The van der Waals surface area contributed by atoms with Crippen molar-refractivity contribution in [2.45, 2.75) is 33.6 Å². The monoisotopic (exact) mass is 273 g/mol. The Morgan fingerprint density at radius 2 is 2.00 bits per heavy atom. The third-order valence-corrected chi connectivity index (χ3v) is 3.25. The smallest absolute Gasteiger partial charge is 0.271 e. The SMILES string of the molecule is CC1=C/C(=N\Nc2ccccc2[N+](=O)[O-])CC(C)(C)C1. The van der Waals surface area contributed by atoms with Crippen LogP contribution in [0.4, 0.5) is 11.4 Å². The van der Waals surface area contributed by atoms with E-state index in [9.17, 15) is 10.1 Å². The summed E-state index contributed by atoms with van der Waals surface area (Å²) in [4.78, 5) is 10.5. The Hall–Kier alpha value is -2.17. The molecule has 0 radical (unpaired) electrons. The van der Waals surface area contributed by atoms with E-state index in [1.807, 2.05) is 6.08 Å². The molecule has 0 heterocycles. The molecule has 0 atom stereocenters. The number of nitrogens with zero attached hydrogens (tertiary/aromatic N) is 2. The number of nitrogens with one attached hydrogen (secondary N) is 1. The molecule has 0 saturated carbocycles. The highest BCUT2D eigenvalue weighted by Crippen LogP contribution is 2.34. The van der Waals surface area contributed by atoms with Crippen LogP contribution in [0.25, 0.3) is 0 Å². The number of hydrogen-bond donors (Lipinski definition) is 1. The summed E-state index contributed by atoms with van der Waals surface area (Å²) in [5, 5.41) is 15.3. The maximum Gasteiger partial charge on any atom is 0.294 e. The van der Waals surface area contributed by atoms with Gasteiger partial charge in [0.25, 0.3) is 5.69 Å². The lowest BCUT2D eigenvalue weighted by Gasteiger charge is -2.29. The average molecular weight is 273 g/mol. The first-order valence-corrected chi connectivity index (χ1v) is 6.60. The quantitative estimate of drug-likeness (QED) is 0.665. The molecular weight excluding hydrogens is 254 g/mol. The number of hydrogen-bond acceptors (Lipinski definition) is 4. The van der Waals surface area contributed by atoms with Crippen molar-refractivity contribution in [1.29, 1.82) is 0 Å². The number of hydrazone groups is 1. The summed E-state index contributed by atoms with van der Waals surface area (Å²) < 4.78 is 0. The van der Waals surface area contributed by atoms with Crippen molar-refractivity contribution in [3.63, 3.8) is 0 Å². The Bertz CT molecular complexity index is 589. The molecule has 1 aliphatic carbocycles. The first-order chi connectivity index (χ1) is 9.37. The van der Waals surface area contributed by atoms with E-state index in [1.165, 1.54) is 11.6 Å². The first-order valence-electron chi connectivity index (χ1n) is 6.60. The van der Waals surface area contributed by atoms with Crippen LogP contribution in [0.1, 0.15) is 33.6 Å². The van der Waals surface area contributed by atoms with Gasteiger partial charge in [0.1, 0.15) is 5.69 Å². The Labute approximate surface area is 118 Å². The second-order valence-electron chi connectivity index (χ2n) is 6.00. The summed E-state index contributed by atoms with van der Waals surface area (Å²) in [6.45, 7) is 6.48. The summed E-state index contributed by atoms with van der Waals surface area (Å²) in [7, 11) is 0. The molecule has 0 unspecified atom stereocenters. The van der Waals surface area contributed by atoms with E-state index in [1.54, 1.807) is 18.2 Å². The van der Waals surface area contributed by atoms with Gasteiger partial charge >= 0.3 is 0 Å². The molecule has 106 valence electrons. The van der Waals surface area contributed by atoms with Gasteiger partial charge in [-0.25, -0.2) is 0 Å². The molecule has 1 aliphatic rings. The van der Waals surface area contributed by atoms with Gasteiger partial charge in [0.2, 0.25) is 0 Å². The fraction of sp³-hybridized carbons (Fsp3) is 0.400. The van der Waals surface area contributed by atoms with Gasteiger partial charge in [-0.2, -0.15) is 5.10 Å². The summed E-state index contributed by atoms with van der Waals surface area (Å²) in [6, 6.07) is 6.52. The van der Waals surface area contributed by atoms with Crippen LogP contribution < -0.4 is 5.43 Å². The second-order valence-corrected chi connectivity index (χ2v) is 6.00. The van der Waals surface area contributed by atoms with Gasteiger partial charge in [0.15, 0.2) is 0 Å². The molecule has 2 rings (SSSR count). The predicted octanol–water partition coefficient (Wildman–Crippen LogP) is 4.13. The molecular formula is C15H19N3O2. The summed E-state index contributed by atoms with van der Waals surface area (Å²) >= 11 is 0. The van der Waals surface area contributed by atoms with Crippen LogP contribution >= 0.6 is 0 Å². The van der Waals surface area contributed by atoms with E-state index in [2.05, 4.69) is 31.3 Å². The first kappa shape index (κ1) is 14.2. The average Bonchev–Trinajstić information content (AvgIpc) is 2.34. The van der Waals surface area contributed by atoms with Crippen LogP contribution in [0.3, 0.4) is 0 Å². The number of nitro benzene ring substituents is 1. The fourth-order valence-corrected chi connectivity index (χ4v) is 2.63. The molecule has 0 spiro atoms. The van der Waals surface area contributed by atoms with E-state index in [0.29, 0.717) is 5.69 Å². The molecule has 0 fully saturated rings. The number of rotatable bonds is 3. The highest BCUT2D eigenvalue weighted by atomic mass is 16.6. The molecule has 5 heteroatoms. The molecule has 0 saturated heterocycles. The summed E-state index contributed by atoms with van der Waals surface area (Å²) in [5.41, 5.74) is 5.67. The largest absolute Gasteiger partial charge is 0.294 e. The number of anilines is 1. The van der Waals surface area contributed by atoms with Crippen LogP contribution in [0, 0.1) is 15.5 Å². The van der Waals surface area contributed by atoms with Gasteiger partial charge in [0.05, 0.1) is 10.6 Å². The Balaban J connectivity index is 2.22. The van der Waals surface area contributed by atoms with Gasteiger partial charge in [-0.1, -0.05) is 31.6 Å². The van der Waals surface area contributed by atoms with Crippen molar-refractivity contribution >= 4 is 17.1 Å². The zero-order valence-corrected chi connectivity index (χ0v) is 12.0. The van der Waals surface area contributed by atoms with E-state index >= 15 is 0 Å². The maximum absolute atomic E-state index is 10.9.